The number of nitrogens with zero attached hydrogens (tertiary/aromatic N) is 1. The zero-order valence-electron chi connectivity index (χ0n) is 9.76. The molecular weight excluding hydrogens is 314 g/mol. The Morgan fingerprint density at radius 3 is 2.56 bits per heavy atom. The van der Waals surface area contributed by atoms with Gasteiger partial charge in [0.05, 0.1) is 9.50 Å². The zero-order chi connectivity index (χ0) is 13.0. The first kappa shape index (κ1) is 13.1. The van der Waals surface area contributed by atoms with Gasteiger partial charge < -0.3 is 9.94 Å². The predicted molar refractivity (Wildman–Crippen MR) is 76.8 cm³/mol. The number of oxime groups is 1. The predicted octanol–water partition coefficient (Wildman–Crippen LogP) is 4.29. The van der Waals surface area contributed by atoms with E-state index in [9.17, 15) is 0 Å². The van der Waals surface area contributed by atoms with E-state index in [4.69, 9.17) is 9.94 Å². The maximum atomic E-state index is 8.67. The minimum absolute atomic E-state index is 0.558. The fourth-order valence-corrected chi connectivity index (χ4v) is 2.83. The van der Waals surface area contributed by atoms with Crippen molar-refractivity contribution in [1.29, 1.82) is 0 Å². The molecule has 0 bridgehead atoms. The first-order valence-electron chi connectivity index (χ1n) is 5.35. The molecule has 1 heterocycles. The van der Waals surface area contributed by atoms with Gasteiger partial charge in [0.1, 0.15) is 12.4 Å². The lowest BCUT2D eigenvalue weighted by Crippen LogP contribution is -1.96. The number of hydrogen-bond donors (Lipinski definition) is 1. The van der Waals surface area contributed by atoms with Crippen LogP contribution in [0.1, 0.15) is 17.4 Å². The van der Waals surface area contributed by atoms with Crippen molar-refractivity contribution in [2.45, 2.75) is 13.5 Å². The van der Waals surface area contributed by atoms with E-state index in [0.717, 1.165) is 15.1 Å². The SMILES string of the molecule is C/C(=N\O)c1ccc(OCc2ccc(Br)s2)cc1. The van der Waals surface area contributed by atoms with Gasteiger partial charge in [-0.2, -0.15) is 0 Å². The average molecular weight is 326 g/mol. The lowest BCUT2D eigenvalue weighted by molar-refractivity contribution is 0.309. The molecule has 1 aromatic heterocycles. The molecule has 0 aliphatic carbocycles. The molecule has 94 valence electrons. The van der Waals surface area contributed by atoms with Crippen LogP contribution in [0.5, 0.6) is 5.75 Å². The Bertz CT molecular complexity index is 548. The fourth-order valence-electron chi connectivity index (χ4n) is 1.43. The van der Waals surface area contributed by atoms with Crippen molar-refractivity contribution in [2.75, 3.05) is 0 Å². The molecule has 3 nitrogen and oxygen atoms in total. The van der Waals surface area contributed by atoms with Crippen LogP contribution in [0.25, 0.3) is 0 Å². The number of hydrogen-bond acceptors (Lipinski definition) is 4. The molecule has 0 radical (unpaired) electrons. The van der Waals surface area contributed by atoms with Crippen LogP contribution < -0.4 is 4.74 Å². The molecule has 0 saturated heterocycles. The Hall–Kier alpha value is -1.33. The van der Waals surface area contributed by atoms with Crippen molar-refractivity contribution in [3.8, 4) is 5.75 Å². The lowest BCUT2D eigenvalue weighted by atomic mass is 10.1. The van der Waals surface area contributed by atoms with E-state index in [2.05, 4.69) is 21.1 Å². The van der Waals surface area contributed by atoms with E-state index < -0.39 is 0 Å². The summed E-state index contributed by atoms with van der Waals surface area (Å²) in [6, 6.07) is 11.5. The molecule has 1 aromatic carbocycles. The minimum atomic E-state index is 0.558. The summed E-state index contributed by atoms with van der Waals surface area (Å²) >= 11 is 5.08. The largest absolute Gasteiger partial charge is 0.488 e. The van der Waals surface area contributed by atoms with Gasteiger partial charge in [-0.25, -0.2) is 0 Å². The molecule has 18 heavy (non-hydrogen) atoms. The number of thiophene rings is 1. The van der Waals surface area contributed by atoms with Gasteiger partial charge in [0.2, 0.25) is 0 Å². The third-order valence-electron chi connectivity index (χ3n) is 2.43. The van der Waals surface area contributed by atoms with Crippen molar-refractivity contribution < 1.29 is 9.94 Å². The molecule has 0 amide bonds. The fraction of sp³-hybridized carbons (Fsp3) is 0.154. The maximum Gasteiger partial charge on any atom is 0.122 e. The first-order chi connectivity index (χ1) is 8.69. The van der Waals surface area contributed by atoms with Crippen molar-refractivity contribution >= 4 is 33.0 Å². The molecule has 0 spiro atoms. The van der Waals surface area contributed by atoms with E-state index >= 15 is 0 Å². The molecule has 2 rings (SSSR count). The van der Waals surface area contributed by atoms with Gasteiger partial charge in [-0.3, -0.25) is 0 Å². The van der Waals surface area contributed by atoms with Gasteiger partial charge >= 0.3 is 0 Å². The van der Waals surface area contributed by atoms with Crippen LogP contribution in [-0.2, 0) is 6.61 Å². The first-order valence-corrected chi connectivity index (χ1v) is 6.96. The van der Waals surface area contributed by atoms with Crippen molar-refractivity contribution in [3.05, 3.63) is 50.6 Å². The van der Waals surface area contributed by atoms with Crippen LogP contribution in [0.3, 0.4) is 0 Å². The highest BCUT2D eigenvalue weighted by atomic mass is 79.9. The second kappa shape index (κ2) is 6.02. The number of ether oxygens (including phenoxy) is 1. The third-order valence-corrected chi connectivity index (χ3v) is 4.03. The summed E-state index contributed by atoms with van der Waals surface area (Å²) in [7, 11) is 0. The molecule has 0 fully saturated rings. The van der Waals surface area contributed by atoms with Crippen LogP contribution in [0.15, 0.2) is 45.3 Å². The molecule has 5 heteroatoms. The third kappa shape index (κ3) is 3.34. The van der Waals surface area contributed by atoms with Gasteiger partial charge in [-0.1, -0.05) is 5.16 Å². The molecule has 0 unspecified atom stereocenters. The van der Waals surface area contributed by atoms with E-state index in [1.807, 2.05) is 36.4 Å². The smallest absolute Gasteiger partial charge is 0.122 e. The van der Waals surface area contributed by atoms with Crippen molar-refractivity contribution in [1.82, 2.24) is 0 Å². The van der Waals surface area contributed by atoms with Crippen LogP contribution in [-0.4, -0.2) is 10.9 Å². The highest BCUT2D eigenvalue weighted by molar-refractivity contribution is 9.11. The van der Waals surface area contributed by atoms with E-state index in [-0.39, 0.29) is 0 Å². The summed E-state index contributed by atoms with van der Waals surface area (Å²) in [5.74, 6) is 0.800. The zero-order valence-corrected chi connectivity index (χ0v) is 12.2. The van der Waals surface area contributed by atoms with E-state index in [1.165, 1.54) is 4.88 Å². The molecule has 0 aliphatic heterocycles. The monoisotopic (exact) mass is 325 g/mol. The average Bonchev–Trinajstić information content (AvgIpc) is 2.82. The Balaban J connectivity index is 1.98. The maximum absolute atomic E-state index is 8.67. The summed E-state index contributed by atoms with van der Waals surface area (Å²) in [5, 5.41) is 11.8. The lowest BCUT2D eigenvalue weighted by Gasteiger charge is -2.05. The second-order valence-corrected chi connectivity index (χ2v) is 6.25. The van der Waals surface area contributed by atoms with Gasteiger partial charge in [0, 0.05) is 4.88 Å². The number of halogens is 1. The van der Waals surface area contributed by atoms with Gasteiger partial charge in [0.15, 0.2) is 0 Å². The van der Waals surface area contributed by atoms with Crippen LogP contribution >= 0.6 is 27.3 Å². The Morgan fingerprint density at radius 1 is 1.28 bits per heavy atom. The summed E-state index contributed by atoms with van der Waals surface area (Å²) in [4.78, 5) is 1.17. The van der Waals surface area contributed by atoms with Crippen LogP contribution in [0, 0.1) is 0 Å². The van der Waals surface area contributed by atoms with Gasteiger partial charge in [-0.05, 0) is 64.8 Å². The minimum Gasteiger partial charge on any atom is -0.488 e. The number of benzene rings is 1. The topological polar surface area (TPSA) is 41.8 Å². The Morgan fingerprint density at radius 2 is 2.00 bits per heavy atom. The van der Waals surface area contributed by atoms with E-state index in [0.29, 0.717) is 12.3 Å². The summed E-state index contributed by atoms with van der Waals surface area (Å²) in [6.07, 6.45) is 0. The van der Waals surface area contributed by atoms with Crippen molar-refractivity contribution in [3.63, 3.8) is 0 Å². The van der Waals surface area contributed by atoms with Crippen LogP contribution in [0.4, 0.5) is 0 Å². The molecule has 0 atom stereocenters. The molecular formula is C13H12BrNO2S. The highest BCUT2D eigenvalue weighted by Crippen LogP contribution is 2.23. The normalized spacial score (nSPS) is 11.6. The van der Waals surface area contributed by atoms with Gasteiger partial charge in [0.25, 0.3) is 0 Å². The standard InChI is InChI=1S/C13H12BrNO2S/c1-9(15-16)10-2-4-11(5-3-10)17-8-12-6-7-13(14)18-12/h2-7,16H,8H2,1H3/b15-9+. The van der Waals surface area contributed by atoms with Crippen molar-refractivity contribution in [2.24, 2.45) is 5.16 Å². The van der Waals surface area contributed by atoms with Gasteiger partial charge in [-0.15, -0.1) is 11.3 Å². The summed E-state index contributed by atoms with van der Waals surface area (Å²) in [5.41, 5.74) is 1.47. The Kier molecular flexibility index (Phi) is 4.38. The Labute approximate surface area is 118 Å². The highest BCUT2D eigenvalue weighted by Gasteiger charge is 2.01. The number of rotatable bonds is 4. The second-order valence-electron chi connectivity index (χ2n) is 3.70. The van der Waals surface area contributed by atoms with E-state index in [1.54, 1.807) is 18.3 Å². The molecule has 0 saturated carbocycles. The molecule has 0 aliphatic rings. The molecule has 2 aromatic rings. The molecule has 1 N–H and O–H groups in total. The quantitative estimate of drug-likeness (QED) is 0.517. The summed E-state index contributed by atoms with van der Waals surface area (Å²) in [6.45, 7) is 2.31. The van der Waals surface area contributed by atoms with Crippen LogP contribution in [0.2, 0.25) is 0 Å². The summed E-state index contributed by atoms with van der Waals surface area (Å²) < 4.78 is 6.76.